The van der Waals surface area contributed by atoms with Crippen LogP contribution in [0.3, 0.4) is 0 Å². The molecule has 0 bridgehead atoms. The summed E-state index contributed by atoms with van der Waals surface area (Å²) in [4.78, 5) is 11.8. The van der Waals surface area contributed by atoms with E-state index in [0.717, 1.165) is 12.1 Å². The SMILES string of the molecule is N#Cc1ccc(COC(=O)c2cc(N)cc(F)c2)c(Cl)c1. The van der Waals surface area contributed by atoms with Gasteiger partial charge in [-0.1, -0.05) is 17.7 Å². The Morgan fingerprint density at radius 3 is 2.71 bits per heavy atom. The number of carbonyl (C=O) groups excluding carboxylic acids is 1. The molecule has 4 nitrogen and oxygen atoms in total. The maximum Gasteiger partial charge on any atom is 0.338 e. The molecule has 0 atom stereocenters. The monoisotopic (exact) mass is 304 g/mol. The molecule has 2 aromatic rings. The number of benzene rings is 2. The van der Waals surface area contributed by atoms with Gasteiger partial charge in [-0.3, -0.25) is 0 Å². The average molecular weight is 305 g/mol. The predicted molar refractivity (Wildman–Crippen MR) is 76.1 cm³/mol. The molecule has 0 spiro atoms. The number of nitrogens with zero attached hydrogens (tertiary/aromatic N) is 1. The minimum Gasteiger partial charge on any atom is -0.457 e. The van der Waals surface area contributed by atoms with Crippen LogP contribution in [0.2, 0.25) is 5.02 Å². The molecule has 0 fully saturated rings. The number of hydrogen-bond donors (Lipinski definition) is 1. The minimum atomic E-state index is -0.707. The van der Waals surface area contributed by atoms with Crippen molar-refractivity contribution in [2.24, 2.45) is 0 Å². The molecule has 0 amide bonds. The molecule has 0 heterocycles. The first kappa shape index (κ1) is 14.8. The summed E-state index contributed by atoms with van der Waals surface area (Å²) in [6, 6.07) is 10.1. The first-order chi connectivity index (χ1) is 9.99. The number of anilines is 1. The lowest BCUT2D eigenvalue weighted by molar-refractivity contribution is 0.0472. The van der Waals surface area contributed by atoms with Crippen LogP contribution in [-0.4, -0.2) is 5.97 Å². The van der Waals surface area contributed by atoms with Crippen LogP contribution >= 0.6 is 11.6 Å². The zero-order chi connectivity index (χ0) is 15.4. The van der Waals surface area contributed by atoms with Gasteiger partial charge < -0.3 is 10.5 Å². The lowest BCUT2D eigenvalue weighted by Gasteiger charge is -2.07. The zero-order valence-corrected chi connectivity index (χ0v) is 11.5. The summed E-state index contributed by atoms with van der Waals surface area (Å²) in [7, 11) is 0. The van der Waals surface area contributed by atoms with Crippen molar-refractivity contribution in [3.63, 3.8) is 0 Å². The molecular weight excluding hydrogens is 295 g/mol. The van der Waals surface area contributed by atoms with Crippen molar-refractivity contribution < 1.29 is 13.9 Å². The average Bonchev–Trinajstić information content (AvgIpc) is 2.44. The Hall–Kier alpha value is -2.58. The van der Waals surface area contributed by atoms with E-state index < -0.39 is 11.8 Å². The molecule has 0 aliphatic heterocycles. The first-order valence-corrected chi connectivity index (χ1v) is 6.29. The number of rotatable bonds is 3. The van der Waals surface area contributed by atoms with Gasteiger partial charge in [0.2, 0.25) is 0 Å². The van der Waals surface area contributed by atoms with Crippen LogP contribution in [0.1, 0.15) is 21.5 Å². The van der Waals surface area contributed by atoms with E-state index in [1.807, 2.05) is 6.07 Å². The Bertz CT molecular complexity index is 721. The van der Waals surface area contributed by atoms with E-state index in [9.17, 15) is 9.18 Å². The highest BCUT2D eigenvalue weighted by Crippen LogP contribution is 2.19. The second kappa shape index (κ2) is 6.25. The van der Waals surface area contributed by atoms with E-state index in [1.54, 1.807) is 12.1 Å². The Labute approximate surface area is 125 Å². The predicted octanol–water partition coefficient (Wildman–Crippen LogP) is 3.29. The maximum atomic E-state index is 13.2. The molecular formula is C15H10ClFN2O2. The van der Waals surface area contributed by atoms with E-state index in [2.05, 4.69) is 0 Å². The number of nitrogen functional groups attached to an aromatic ring is 1. The van der Waals surface area contributed by atoms with Crippen molar-refractivity contribution >= 4 is 23.3 Å². The van der Waals surface area contributed by atoms with Crippen molar-refractivity contribution in [1.82, 2.24) is 0 Å². The van der Waals surface area contributed by atoms with E-state index in [4.69, 9.17) is 27.3 Å². The number of esters is 1. The van der Waals surface area contributed by atoms with E-state index >= 15 is 0 Å². The number of halogens is 2. The highest BCUT2D eigenvalue weighted by Gasteiger charge is 2.11. The number of ether oxygens (including phenoxy) is 1. The molecule has 0 unspecified atom stereocenters. The first-order valence-electron chi connectivity index (χ1n) is 5.91. The molecule has 0 aromatic heterocycles. The van der Waals surface area contributed by atoms with Gasteiger partial charge in [0.15, 0.2) is 0 Å². The van der Waals surface area contributed by atoms with Gasteiger partial charge in [-0.25, -0.2) is 9.18 Å². The summed E-state index contributed by atoms with van der Waals surface area (Å²) in [6.45, 7) is -0.0835. The van der Waals surface area contributed by atoms with E-state index in [-0.39, 0.29) is 17.9 Å². The van der Waals surface area contributed by atoms with Crippen LogP contribution in [-0.2, 0) is 11.3 Å². The fourth-order valence-corrected chi connectivity index (χ4v) is 1.93. The van der Waals surface area contributed by atoms with Crippen molar-refractivity contribution in [2.75, 3.05) is 5.73 Å². The molecule has 0 aliphatic rings. The fraction of sp³-hybridized carbons (Fsp3) is 0.0667. The topological polar surface area (TPSA) is 76.1 Å². The van der Waals surface area contributed by atoms with Crippen LogP contribution in [0.5, 0.6) is 0 Å². The molecule has 6 heteroatoms. The molecule has 21 heavy (non-hydrogen) atoms. The van der Waals surface area contributed by atoms with Crippen LogP contribution in [0, 0.1) is 17.1 Å². The van der Waals surface area contributed by atoms with Crippen LogP contribution in [0.15, 0.2) is 36.4 Å². The molecule has 2 aromatic carbocycles. The van der Waals surface area contributed by atoms with E-state index in [1.165, 1.54) is 12.1 Å². The molecule has 106 valence electrons. The number of carbonyl (C=O) groups is 1. The summed E-state index contributed by atoms with van der Waals surface area (Å²) in [5.41, 5.74) is 6.58. The van der Waals surface area contributed by atoms with Crippen molar-refractivity contribution in [3.05, 3.63) is 63.9 Å². The summed E-state index contributed by atoms with van der Waals surface area (Å²) in [5, 5.41) is 9.05. The quantitative estimate of drug-likeness (QED) is 0.697. The van der Waals surface area contributed by atoms with Gasteiger partial charge in [-0.15, -0.1) is 0 Å². The Morgan fingerprint density at radius 2 is 2.10 bits per heavy atom. The zero-order valence-electron chi connectivity index (χ0n) is 10.8. The summed E-state index contributed by atoms with van der Waals surface area (Å²) in [6.07, 6.45) is 0. The second-order valence-corrected chi connectivity index (χ2v) is 4.67. The lowest BCUT2D eigenvalue weighted by atomic mass is 10.1. The van der Waals surface area contributed by atoms with Crippen LogP contribution in [0.25, 0.3) is 0 Å². The fourth-order valence-electron chi connectivity index (χ4n) is 1.69. The number of hydrogen-bond acceptors (Lipinski definition) is 4. The summed E-state index contributed by atoms with van der Waals surface area (Å²) in [5.74, 6) is -1.32. The van der Waals surface area contributed by atoms with Crippen molar-refractivity contribution in [2.45, 2.75) is 6.61 Å². The van der Waals surface area contributed by atoms with Gasteiger partial charge in [-0.2, -0.15) is 5.26 Å². The molecule has 0 aliphatic carbocycles. The molecule has 0 saturated carbocycles. The Kier molecular flexibility index (Phi) is 4.41. The number of nitriles is 1. The molecule has 0 saturated heterocycles. The maximum absolute atomic E-state index is 13.2. The lowest BCUT2D eigenvalue weighted by Crippen LogP contribution is -2.07. The summed E-state index contributed by atoms with van der Waals surface area (Å²) >= 11 is 5.97. The Morgan fingerprint density at radius 1 is 1.33 bits per heavy atom. The van der Waals surface area contributed by atoms with Gasteiger partial charge in [0.1, 0.15) is 12.4 Å². The molecule has 0 radical (unpaired) electrons. The van der Waals surface area contributed by atoms with Gasteiger partial charge in [0, 0.05) is 16.3 Å². The standard InChI is InChI=1S/C15H10ClFN2O2/c16-14-3-9(7-18)1-2-10(14)8-21-15(20)11-4-12(17)6-13(19)5-11/h1-6H,8,19H2. The van der Waals surface area contributed by atoms with Gasteiger partial charge >= 0.3 is 5.97 Å². The molecule has 2 rings (SSSR count). The summed E-state index contributed by atoms with van der Waals surface area (Å²) < 4.78 is 18.2. The Balaban J connectivity index is 2.09. The second-order valence-electron chi connectivity index (χ2n) is 4.27. The van der Waals surface area contributed by atoms with Gasteiger partial charge in [0.05, 0.1) is 17.2 Å². The van der Waals surface area contributed by atoms with Gasteiger partial charge in [0.25, 0.3) is 0 Å². The number of nitrogens with two attached hydrogens (primary N) is 1. The van der Waals surface area contributed by atoms with Crippen molar-refractivity contribution in [3.8, 4) is 6.07 Å². The van der Waals surface area contributed by atoms with Crippen LogP contribution < -0.4 is 5.73 Å². The molecule has 2 N–H and O–H groups in total. The smallest absolute Gasteiger partial charge is 0.338 e. The largest absolute Gasteiger partial charge is 0.457 e. The normalized spacial score (nSPS) is 9.95. The third-order valence-electron chi connectivity index (χ3n) is 2.70. The highest BCUT2D eigenvalue weighted by atomic mass is 35.5. The highest BCUT2D eigenvalue weighted by molar-refractivity contribution is 6.31. The third kappa shape index (κ3) is 3.71. The minimum absolute atomic E-state index is 0.0252. The van der Waals surface area contributed by atoms with E-state index in [0.29, 0.717) is 16.1 Å². The van der Waals surface area contributed by atoms with Crippen molar-refractivity contribution in [1.29, 1.82) is 5.26 Å². The third-order valence-corrected chi connectivity index (χ3v) is 3.05. The van der Waals surface area contributed by atoms with Crippen LogP contribution in [0.4, 0.5) is 10.1 Å². The van der Waals surface area contributed by atoms with Gasteiger partial charge in [-0.05, 0) is 30.3 Å².